The van der Waals surface area contributed by atoms with Crippen molar-refractivity contribution in [3.05, 3.63) is 23.2 Å². The first-order chi connectivity index (χ1) is 6.91. The summed E-state index contributed by atoms with van der Waals surface area (Å²) in [6.07, 6.45) is -0.347. The van der Waals surface area contributed by atoms with Crippen LogP contribution in [0.25, 0.3) is 0 Å². The number of nitrogens with one attached hydrogen (secondary N) is 1. The van der Waals surface area contributed by atoms with Crippen molar-refractivity contribution in [2.24, 2.45) is 0 Å². The van der Waals surface area contributed by atoms with E-state index in [1.54, 1.807) is 6.92 Å². The molecule has 2 N–H and O–H groups in total. The van der Waals surface area contributed by atoms with E-state index in [0.29, 0.717) is 0 Å². The van der Waals surface area contributed by atoms with E-state index in [9.17, 15) is 5.11 Å². The van der Waals surface area contributed by atoms with Crippen LogP contribution in [0.5, 0.6) is 0 Å². The van der Waals surface area contributed by atoms with Crippen LogP contribution in [0.15, 0.2) is 10.5 Å². The van der Waals surface area contributed by atoms with Gasteiger partial charge in [-0.15, -0.1) is 0 Å². The van der Waals surface area contributed by atoms with E-state index in [-0.39, 0.29) is 18.2 Å². The molecular weight excluding hydrogens is 190 g/mol. The maximum absolute atomic E-state index is 9.41. The number of hydrogen-bond donors (Lipinski definition) is 2. The van der Waals surface area contributed by atoms with E-state index in [1.807, 2.05) is 26.8 Å². The molecule has 1 rings (SSSR count). The topological polar surface area (TPSA) is 45.4 Å². The molecule has 1 aromatic rings. The Morgan fingerprint density at radius 2 is 1.87 bits per heavy atom. The van der Waals surface area contributed by atoms with Crippen LogP contribution in [0.1, 0.15) is 43.9 Å². The zero-order valence-corrected chi connectivity index (χ0v) is 10.2. The van der Waals surface area contributed by atoms with Crippen LogP contribution in [0.4, 0.5) is 0 Å². The van der Waals surface area contributed by atoms with Gasteiger partial charge in [0.15, 0.2) is 0 Å². The highest BCUT2D eigenvalue weighted by atomic mass is 16.3. The third-order valence-electron chi connectivity index (χ3n) is 2.78. The molecule has 3 atom stereocenters. The van der Waals surface area contributed by atoms with E-state index < -0.39 is 0 Å². The Hall–Kier alpha value is -0.800. The quantitative estimate of drug-likeness (QED) is 0.803. The van der Waals surface area contributed by atoms with Crippen LogP contribution in [-0.2, 0) is 0 Å². The fraction of sp³-hybridized carbons (Fsp3) is 0.667. The first-order valence-electron chi connectivity index (χ1n) is 5.43. The molecule has 1 aromatic heterocycles. The lowest BCUT2D eigenvalue weighted by Gasteiger charge is -2.21. The second-order valence-corrected chi connectivity index (χ2v) is 4.29. The average molecular weight is 211 g/mol. The first-order valence-corrected chi connectivity index (χ1v) is 5.43. The molecule has 86 valence electrons. The molecule has 0 saturated carbocycles. The lowest BCUT2D eigenvalue weighted by molar-refractivity contribution is 0.147. The van der Waals surface area contributed by atoms with Crippen LogP contribution in [-0.4, -0.2) is 17.3 Å². The fourth-order valence-corrected chi connectivity index (χ4v) is 1.70. The summed E-state index contributed by atoms with van der Waals surface area (Å²) in [6.45, 7) is 9.76. The second-order valence-electron chi connectivity index (χ2n) is 4.29. The van der Waals surface area contributed by atoms with E-state index in [1.165, 1.54) is 5.56 Å². The molecule has 3 nitrogen and oxygen atoms in total. The predicted octanol–water partition coefficient (Wildman–Crippen LogP) is 2.32. The summed E-state index contributed by atoms with van der Waals surface area (Å²) < 4.78 is 5.48. The van der Waals surface area contributed by atoms with Gasteiger partial charge in [-0.05, 0) is 40.7 Å². The summed E-state index contributed by atoms with van der Waals surface area (Å²) in [5.74, 6) is 1.88. The van der Waals surface area contributed by atoms with Crippen LogP contribution < -0.4 is 5.32 Å². The van der Waals surface area contributed by atoms with Gasteiger partial charge >= 0.3 is 0 Å². The highest BCUT2D eigenvalue weighted by molar-refractivity contribution is 5.23. The van der Waals surface area contributed by atoms with Crippen LogP contribution in [0, 0.1) is 13.8 Å². The number of hydrogen-bond acceptors (Lipinski definition) is 3. The van der Waals surface area contributed by atoms with Crippen molar-refractivity contribution in [1.29, 1.82) is 0 Å². The molecule has 0 aliphatic carbocycles. The summed E-state index contributed by atoms with van der Waals surface area (Å²) in [5.41, 5.74) is 1.17. The molecule has 15 heavy (non-hydrogen) atoms. The van der Waals surface area contributed by atoms with E-state index in [0.717, 1.165) is 11.5 Å². The number of aliphatic hydroxyl groups excluding tert-OH is 1. The van der Waals surface area contributed by atoms with Gasteiger partial charge in [0.25, 0.3) is 0 Å². The molecule has 0 saturated heterocycles. The molecule has 0 aromatic carbocycles. The van der Waals surface area contributed by atoms with Crippen LogP contribution in [0.3, 0.4) is 0 Å². The van der Waals surface area contributed by atoms with Gasteiger partial charge in [-0.25, -0.2) is 0 Å². The summed E-state index contributed by atoms with van der Waals surface area (Å²) in [7, 11) is 0. The van der Waals surface area contributed by atoms with Gasteiger partial charge in [-0.2, -0.15) is 0 Å². The zero-order valence-electron chi connectivity index (χ0n) is 10.2. The average Bonchev–Trinajstić information content (AvgIpc) is 2.44. The Morgan fingerprint density at radius 3 is 2.27 bits per heavy atom. The minimum absolute atomic E-state index is 0.0783. The lowest BCUT2D eigenvalue weighted by Crippen LogP contribution is -2.37. The monoisotopic (exact) mass is 211 g/mol. The molecule has 3 heteroatoms. The van der Waals surface area contributed by atoms with Gasteiger partial charge in [0, 0.05) is 17.6 Å². The van der Waals surface area contributed by atoms with Gasteiger partial charge in [0.2, 0.25) is 0 Å². The molecular formula is C12H21NO2. The molecule has 3 unspecified atom stereocenters. The zero-order chi connectivity index (χ0) is 11.6. The number of aliphatic hydroxyl groups is 1. The number of rotatable bonds is 4. The molecule has 0 bridgehead atoms. The van der Waals surface area contributed by atoms with Crippen molar-refractivity contribution in [2.45, 2.75) is 52.8 Å². The van der Waals surface area contributed by atoms with Crippen LogP contribution in [0.2, 0.25) is 0 Å². The van der Waals surface area contributed by atoms with Crippen molar-refractivity contribution in [2.75, 3.05) is 0 Å². The van der Waals surface area contributed by atoms with Crippen molar-refractivity contribution >= 4 is 0 Å². The normalized spacial score (nSPS) is 17.5. The smallest absolute Gasteiger partial charge is 0.105 e. The maximum atomic E-state index is 9.41. The van der Waals surface area contributed by atoms with Gasteiger partial charge in [0.05, 0.1) is 6.10 Å². The van der Waals surface area contributed by atoms with Gasteiger partial charge in [-0.3, -0.25) is 0 Å². The molecule has 0 aliphatic heterocycles. The van der Waals surface area contributed by atoms with Crippen molar-refractivity contribution in [3.63, 3.8) is 0 Å². The Morgan fingerprint density at radius 1 is 1.27 bits per heavy atom. The van der Waals surface area contributed by atoms with Crippen molar-refractivity contribution < 1.29 is 9.52 Å². The largest absolute Gasteiger partial charge is 0.466 e. The Kier molecular flexibility index (Phi) is 3.94. The number of aryl methyl sites for hydroxylation is 2. The first kappa shape index (κ1) is 12.3. The highest BCUT2D eigenvalue weighted by Gasteiger charge is 2.16. The molecule has 0 spiro atoms. The van der Waals surface area contributed by atoms with Gasteiger partial charge < -0.3 is 14.8 Å². The van der Waals surface area contributed by atoms with E-state index >= 15 is 0 Å². The minimum Gasteiger partial charge on any atom is -0.466 e. The summed E-state index contributed by atoms with van der Waals surface area (Å²) in [6, 6.07) is 2.32. The molecule has 0 aliphatic rings. The van der Waals surface area contributed by atoms with Gasteiger partial charge in [0.1, 0.15) is 11.5 Å². The SMILES string of the molecule is Cc1cc(C(C)NC(C)C(C)O)c(C)o1. The third kappa shape index (κ3) is 3.08. The van der Waals surface area contributed by atoms with E-state index in [4.69, 9.17) is 4.42 Å². The van der Waals surface area contributed by atoms with Crippen molar-refractivity contribution in [1.82, 2.24) is 5.32 Å². The molecule has 1 heterocycles. The Balaban J connectivity index is 2.68. The minimum atomic E-state index is -0.347. The number of furan rings is 1. The Labute approximate surface area is 91.5 Å². The molecule has 0 fully saturated rings. The lowest BCUT2D eigenvalue weighted by atomic mass is 10.1. The van der Waals surface area contributed by atoms with Crippen LogP contribution >= 0.6 is 0 Å². The third-order valence-corrected chi connectivity index (χ3v) is 2.78. The fourth-order valence-electron chi connectivity index (χ4n) is 1.70. The molecule has 0 amide bonds. The van der Waals surface area contributed by atoms with Crippen molar-refractivity contribution in [3.8, 4) is 0 Å². The summed E-state index contributed by atoms with van der Waals surface area (Å²) >= 11 is 0. The van der Waals surface area contributed by atoms with Gasteiger partial charge in [-0.1, -0.05) is 0 Å². The Bertz CT molecular complexity index is 317. The summed E-state index contributed by atoms with van der Waals surface area (Å²) in [5, 5.41) is 12.7. The highest BCUT2D eigenvalue weighted by Crippen LogP contribution is 2.21. The molecule has 0 radical (unpaired) electrons. The predicted molar refractivity (Wildman–Crippen MR) is 60.9 cm³/mol. The maximum Gasteiger partial charge on any atom is 0.105 e. The van der Waals surface area contributed by atoms with E-state index in [2.05, 4.69) is 12.2 Å². The summed E-state index contributed by atoms with van der Waals surface area (Å²) in [4.78, 5) is 0. The standard InChI is InChI=1S/C12H21NO2/c1-7-6-12(11(5)15-7)9(3)13-8(2)10(4)14/h6,8-10,13-14H,1-5H3. The second kappa shape index (κ2) is 4.81.